The highest BCUT2D eigenvalue weighted by Crippen LogP contribution is 2.20. The zero-order valence-electron chi connectivity index (χ0n) is 24.8. The monoisotopic (exact) mass is 512 g/mol. The van der Waals surface area contributed by atoms with Gasteiger partial charge in [0.05, 0.1) is 18.6 Å². The second kappa shape index (κ2) is 16.3. The molecule has 1 aromatic carbocycles. The van der Waals surface area contributed by atoms with Crippen molar-refractivity contribution in [2.75, 3.05) is 33.2 Å². The quantitative estimate of drug-likeness (QED) is 0.327. The Balaban J connectivity index is 0.000000371. The van der Waals surface area contributed by atoms with Crippen molar-refractivity contribution >= 4 is 17.2 Å². The molecule has 1 aromatic heterocycles. The fraction of sp³-hybridized carbons (Fsp3) is 0.600. The van der Waals surface area contributed by atoms with Crippen molar-refractivity contribution in [2.24, 2.45) is 0 Å². The van der Waals surface area contributed by atoms with E-state index in [1.807, 2.05) is 4.68 Å². The van der Waals surface area contributed by atoms with Crippen LogP contribution in [-0.4, -0.2) is 77.2 Å². The first-order chi connectivity index (χ1) is 17.3. The highest BCUT2D eigenvalue weighted by atomic mass is 16.1. The molecule has 2 aromatic rings. The first-order valence-electron chi connectivity index (χ1n) is 13.5. The van der Waals surface area contributed by atoms with Gasteiger partial charge in [-0.15, -0.1) is 0 Å². The van der Waals surface area contributed by atoms with E-state index in [1.165, 1.54) is 10.9 Å². The molecule has 0 fully saturated rings. The van der Waals surface area contributed by atoms with Gasteiger partial charge < -0.3 is 15.4 Å². The first kappa shape index (κ1) is 32.4. The maximum atomic E-state index is 10.6. The molecule has 7 nitrogen and oxygen atoms in total. The molecular formula is C30H52N6O. The topological polar surface area (TPSA) is 65.4 Å². The van der Waals surface area contributed by atoms with E-state index < -0.39 is 0 Å². The molecule has 0 radical (unpaired) electrons. The third-order valence-corrected chi connectivity index (χ3v) is 5.85. The summed E-state index contributed by atoms with van der Waals surface area (Å²) in [6.07, 6.45) is 3.06. The zero-order chi connectivity index (χ0) is 28.1. The number of likely N-dealkylation sites (N-methyl/N-ethyl adjacent to an activating group) is 1. The van der Waals surface area contributed by atoms with Crippen LogP contribution in [0.25, 0.3) is 10.9 Å². The van der Waals surface area contributed by atoms with Crippen LogP contribution in [0, 0.1) is 0 Å². The fourth-order valence-corrected chi connectivity index (χ4v) is 4.00. The molecule has 0 spiro atoms. The number of allylic oxidation sites excluding steroid dienone is 1. The minimum atomic E-state index is 0.403. The Bertz CT molecular complexity index is 976. The Kier molecular flexibility index (Phi) is 14.2. The highest BCUT2D eigenvalue weighted by molar-refractivity contribution is 5.78. The summed E-state index contributed by atoms with van der Waals surface area (Å²) in [6.45, 7) is 29.0. The van der Waals surface area contributed by atoms with Crippen LogP contribution >= 0.6 is 0 Å². The van der Waals surface area contributed by atoms with Crippen LogP contribution < -0.4 is 10.6 Å². The summed E-state index contributed by atoms with van der Waals surface area (Å²) in [7, 11) is 2.08. The van der Waals surface area contributed by atoms with Crippen molar-refractivity contribution in [3.63, 3.8) is 0 Å². The maximum Gasteiger partial charge on any atom is 0.133 e. The van der Waals surface area contributed by atoms with E-state index in [-0.39, 0.29) is 0 Å². The fourth-order valence-electron chi connectivity index (χ4n) is 4.00. The normalized spacial score (nSPS) is 11.5. The molecule has 0 saturated carbocycles. The number of fused-ring (bicyclic) bond motifs is 1. The Hall–Kier alpha value is -2.64. The van der Waals surface area contributed by atoms with E-state index in [0.29, 0.717) is 37.1 Å². The van der Waals surface area contributed by atoms with Crippen molar-refractivity contribution in [2.45, 2.75) is 86.0 Å². The van der Waals surface area contributed by atoms with E-state index in [9.17, 15) is 4.79 Å². The molecule has 2 rings (SSSR count). The number of rotatable bonds is 15. The second-order valence-corrected chi connectivity index (χ2v) is 11.1. The molecule has 2 N–H and O–H groups in total. The summed E-state index contributed by atoms with van der Waals surface area (Å²) in [4.78, 5) is 15.0. The molecule has 0 bridgehead atoms. The van der Waals surface area contributed by atoms with Crippen LogP contribution in [0.3, 0.4) is 0 Å². The van der Waals surface area contributed by atoms with Gasteiger partial charge in [-0.05, 0) is 72.2 Å². The Morgan fingerprint density at radius 1 is 1.00 bits per heavy atom. The average molecular weight is 513 g/mol. The third-order valence-electron chi connectivity index (χ3n) is 5.85. The second-order valence-electron chi connectivity index (χ2n) is 11.1. The average Bonchev–Trinajstić information content (AvgIpc) is 3.16. The van der Waals surface area contributed by atoms with E-state index >= 15 is 0 Å². The number of nitrogens with zero attached hydrogens (tertiary/aromatic N) is 4. The van der Waals surface area contributed by atoms with Crippen molar-refractivity contribution in [1.29, 1.82) is 0 Å². The molecule has 1 heterocycles. The minimum absolute atomic E-state index is 0.403. The lowest BCUT2D eigenvalue weighted by Crippen LogP contribution is -2.40. The number of hydrogen-bond acceptors (Lipinski definition) is 6. The Labute approximate surface area is 226 Å². The maximum absolute atomic E-state index is 10.6. The summed E-state index contributed by atoms with van der Waals surface area (Å²) in [5.74, 6) is 0.547. The van der Waals surface area contributed by atoms with E-state index in [2.05, 4.69) is 126 Å². The van der Waals surface area contributed by atoms with Crippen LogP contribution in [0.4, 0.5) is 0 Å². The van der Waals surface area contributed by atoms with Crippen LogP contribution in [-0.2, 0) is 11.3 Å². The molecular weight excluding hydrogens is 460 g/mol. The Morgan fingerprint density at radius 2 is 1.62 bits per heavy atom. The van der Waals surface area contributed by atoms with E-state index in [1.54, 1.807) is 0 Å². The molecule has 0 saturated heterocycles. The molecule has 7 heteroatoms. The van der Waals surface area contributed by atoms with Crippen molar-refractivity contribution in [1.82, 2.24) is 30.2 Å². The lowest BCUT2D eigenvalue weighted by atomic mass is 10.0. The molecule has 208 valence electrons. The summed E-state index contributed by atoms with van der Waals surface area (Å²) in [5, 5.41) is 12.4. The van der Waals surface area contributed by atoms with E-state index in [4.69, 9.17) is 0 Å². The van der Waals surface area contributed by atoms with Gasteiger partial charge in [0.1, 0.15) is 6.29 Å². The largest absolute Gasteiger partial charge is 0.386 e. The van der Waals surface area contributed by atoms with Gasteiger partial charge in [0.2, 0.25) is 0 Å². The van der Waals surface area contributed by atoms with Crippen molar-refractivity contribution < 1.29 is 4.79 Å². The summed E-state index contributed by atoms with van der Waals surface area (Å²) in [5.41, 5.74) is 4.43. The number of benzene rings is 1. The highest BCUT2D eigenvalue weighted by Gasteiger charge is 2.10. The molecule has 0 atom stereocenters. The zero-order valence-corrected chi connectivity index (χ0v) is 24.8. The Morgan fingerprint density at radius 3 is 2.16 bits per heavy atom. The van der Waals surface area contributed by atoms with Gasteiger partial charge in [-0.25, -0.2) is 0 Å². The molecule has 0 aliphatic rings. The van der Waals surface area contributed by atoms with Gasteiger partial charge in [-0.2, -0.15) is 5.10 Å². The molecule has 0 amide bonds. The third kappa shape index (κ3) is 12.9. The predicted octanol–water partition coefficient (Wildman–Crippen LogP) is 5.01. The number of hydrogen-bond donors (Lipinski definition) is 2. The van der Waals surface area contributed by atoms with E-state index in [0.717, 1.165) is 42.8 Å². The lowest BCUT2D eigenvalue weighted by molar-refractivity contribution is -0.109. The van der Waals surface area contributed by atoms with Gasteiger partial charge >= 0.3 is 0 Å². The van der Waals surface area contributed by atoms with Gasteiger partial charge in [-0.3, -0.25) is 14.5 Å². The van der Waals surface area contributed by atoms with Crippen molar-refractivity contribution in [3.05, 3.63) is 54.5 Å². The molecule has 0 aliphatic carbocycles. The molecule has 0 unspecified atom stereocenters. The van der Waals surface area contributed by atoms with Gasteiger partial charge in [-0.1, -0.05) is 33.1 Å². The number of carbonyl (C=O) groups is 1. The van der Waals surface area contributed by atoms with Crippen LogP contribution in [0.2, 0.25) is 0 Å². The van der Waals surface area contributed by atoms with Crippen molar-refractivity contribution in [3.8, 4) is 0 Å². The summed E-state index contributed by atoms with van der Waals surface area (Å²) < 4.78 is 1.95. The SMILES string of the molecule is C=C(CN(C)CCN(CC=O)C(C)C)NC(C)C.C=C(Cn1cc2cc(C(C)C)ccc2n1)NC(C)C. The lowest BCUT2D eigenvalue weighted by Gasteiger charge is -2.27. The number of aromatic nitrogens is 2. The van der Waals surface area contributed by atoms with Gasteiger partial charge in [0.15, 0.2) is 0 Å². The number of nitrogens with one attached hydrogen (secondary N) is 2. The molecule has 37 heavy (non-hydrogen) atoms. The number of carbonyl (C=O) groups excluding carboxylic acids is 1. The van der Waals surface area contributed by atoms with Crippen LogP contribution in [0.1, 0.15) is 66.9 Å². The molecule has 0 aliphatic heterocycles. The standard InChI is InChI=1S/C16H23N3.C14H29N3O/c1-11(2)14-6-7-16-15(8-14)10-19(18-16)9-13(5)17-12(3)4;1-12(2)15-14(5)11-16(6)7-8-17(9-10-18)13(3)4/h6-8,10-12,17H,5,9H2,1-4H3;10,12-13,15H,5,7-9,11H2,1-4,6H3. The minimum Gasteiger partial charge on any atom is -0.386 e. The van der Waals surface area contributed by atoms with Gasteiger partial charge in [0.25, 0.3) is 0 Å². The van der Waals surface area contributed by atoms with Crippen LogP contribution in [0.5, 0.6) is 0 Å². The smallest absolute Gasteiger partial charge is 0.133 e. The summed E-state index contributed by atoms with van der Waals surface area (Å²) >= 11 is 0. The van der Waals surface area contributed by atoms with Gasteiger partial charge in [0, 0.05) is 60.7 Å². The first-order valence-corrected chi connectivity index (χ1v) is 13.5. The summed E-state index contributed by atoms with van der Waals surface area (Å²) in [6, 6.07) is 7.71. The predicted molar refractivity (Wildman–Crippen MR) is 159 cm³/mol. The number of aldehydes is 1. The van der Waals surface area contributed by atoms with Crippen LogP contribution in [0.15, 0.2) is 48.9 Å².